The van der Waals surface area contributed by atoms with E-state index in [9.17, 15) is 4.79 Å². The molecule has 0 amide bonds. The van der Waals surface area contributed by atoms with Crippen molar-refractivity contribution in [1.29, 1.82) is 0 Å². The topological polar surface area (TPSA) is 48.7 Å². The van der Waals surface area contributed by atoms with Crippen LogP contribution < -0.4 is 15.1 Å². The third-order valence-corrected chi connectivity index (χ3v) is 3.23. The van der Waals surface area contributed by atoms with E-state index >= 15 is 0 Å². The van der Waals surface area contributed by atoms with Gasteiger partial charge in [0.25, 0.3) is 0 Å². The number of hydrogen-bond donors (Lipinski definition) is 0. The summed E-state index contributed by atoms with van der Waals surface area (Å²) >= 11 is 0. The van der Waals surface area contributed by atoms with Gasteiger partial charge in [-0.1, -0.05) is 20.1 Å². The lowest BCUT2D eigenvalue weighted by molar-refractivity contribution is 0.298. The fourth-order valence-electron chi connectivity index (χ4n) is 2.19. The lowest BCUT2D eigenvalue weighted by Crippen LogP contribution is -2.06. The van der Waals surface area contributed by atoms with E-state index in [0.29, 0.717) is 30.3 Å². The number of fused-ring (bicyclic) bond motifs is 1. The van der Waals surface area contributed by atoms with Crippen LogP contribution in [0.25, 0.3) is 11.0 Å². The minimum absolute atomic E-state index is 0.322. The Bertz CT molecular complexity index is 799. The molecule has 0 radical (unpaired) electrons. The molecule has 0 aliphatic carbocycles. The molecule has 0 N–H and O–H groups in total. The van der Waals surface area contributed by atoms with Gasteiger partial charge in [0, 0.05) is 11.5 Å². The molecule has 122 valence electrons. The second-order valence-electron chi connectivity index (χ2n) is 5.71. The van der Waals surface area contributed by atoms with E-state index in [1.165, 1.54) is 6.07 Å². The van der Waals surface area contributed by atoms with Crippen LogP contribution in [0, 0.1) is 0 Å². The van der Waals surface area contributed by atoms with Gasteiger partial charge in [-0.2, -0.15) is 0 Å². The summed E-state index contributed by atoms with van der Waals surface area (Å²) < 4.78 is 17.0. The van der Waals surface area contributed by atoms with Gasteiger partial charge in [-0.3, -0.25) is 0 Å². The highest BCUT2D eigenvalue weighted by Crippen LogP contribution is 2.37. The Balaban J connectivity index is 2.61. The number of ether oxygens (including phenoxy) is 2. The number of benzene rings is 1. The average molecular weight is 314 g/mol. The Morgan fingerprint density at radius 2 is 1.78 bits per heavy atom. The van der Waals surface area contributed by atoms with Gasteiger partial charge < -0.3 is 13.9 Å². The van der Waals surface area contributed by atoms with Crippen molar-refractivity contribution in [3.8, 4) is 11.5 Å². The lowest BCUT2D eigenvalue weighted by atomic mass is 10.1. The molecule has 2 rings (SSSR count). The fraction of sp³-hybridized carbons (Fsp3) is 0.316. The molecule has 2 aromatic rings. The molecule has 0 unspecified atom stereocenters. The first-order valence-electron chi connectivity index (χ1n) is 7.56. The molecule has 0 saturated carbocycles. The molecule has 0 aliphatic heterocycles. The van der Waals surface area contributed by atoms with Crippen molar-refractivity contribution in [3.63, 3.8) is 0 Å². The highest BCUT2D eigenvalue weighted by molar-refractivity contribution is 5.88. The average Bonchev–Trinajstić information content (AvgIpc) is 2.49. The highest BCUT2D eigenvalue weighted by atomic mass is 16.5. The number of rotatable bonds is 7. The zero-order valence-corrected chi connectivity index (χ0v) is 13.9. The quantitative estimate of drug-likeness (QED) is 0.566. The van der Waals surface area contributed by atoms with Gasteiger partial charge in [-0.05, 0) is 49.1 Å². The molecule has 0 atom stereocenters. The summed E-state index contributed by atoms with van der Waals surface area (Å²) in [5.41, 5.74) is 2.69. The Morgan fingerprint density at radius 3 is 2.39 bits per heavy atom. The second kappa shape index (κ2) is 7.18. The fourth-order valence-corrected chi connectivity index (χ4v) is 2.19. The maximum atomic E-state index is 11.8. The molecule has 4 heteroatoms. The molecule has 4 nitrogen and oxygen atoms in total. The Labute approximate surface area is 136 Å². The molecule has 0 bridgehead atoms. The van der Waals surface area contributed by atoms with Crippen LogP contribution in [-0.2, 0) is 6.42 Å². The molecule has 1 aromatic heterocycles. The Morgan fingerprint density at radius 1 is 1.13 bits per heavy atom. The Kier molecular flexibility index (Phi) is 5.27. The predicted octanol–water partition coefficient (Wildman–Crippen LogP) is 4.27. The summed E-state index contributed by atoms with van der Waals surface area (Å²) in [6.07, 6.45) is 0.730. The molecule has 0 spiro atoms. The largest absolute Gasteiger partial charge is 0.485 e. The maximum Gasteiger partial charge on any atom is 0.336 e. The van der Waals surface area contributed by atoms with Crippen molar-refractivity contribution in [2.45, 2.75) is 27.2 Å². The van der Waals surface area contributed by atoms with Crippen molar-refractivity contribution < 1.29 is 13.9 Å². The highest BCUT2D eigenvalue weighted by Gasteiger charge is 2.16. The second-order valence-corrected chi connectivity index (χ2v) is 5.71. The van der Waals surface area contributed by atoms with Gasteiger partial charge in [0.15, 0.2) is 11.3 Å². The van der Waals surface area contributed by atoms with Crippen molar-refractivity contribution in [2.75, 3.05) is 13.2 Å². The van der Waals surface area contributed by atoms with Crippen LogP contribution in [0.5, 0.6) is 11.5 Å². The van der Waals surface area contributed by atoms with Crippen LogP contribution in [0.3, 0.4) is 0 Å². The summed E-state index contributed by atoms with van der Waals surface area (Å²) in [5, 5.41) is 0.853. The zero-order valence-electron chi connectivity index (χ0n) is 13.9. The molecular weight excluding hydrogens is 292 g/mol. The van der Waals surface area contributed by atoms with E-state index in [0.717, 1.165) is 28.5 Å². The molecular formula is C19H22O4. The number of aryl methyl sites for hydroxylation is 1. The van der Waals surface area contributed by atoms with Crippen LogP contribution in [0.2, 0.25) is 0 Å². The van der Waals surface area contributed by atoms with Crippen LogP contribution in [0.15, 0.2) is 51.7 Å². The summed E-state index contributed by atoms with van der Waals surface area (Å²) in [7, 11) is 0. The third-order valence-electron chi connectivity index (χ3n) is 3.23. The first-order chi connectivity index (χ1) is 10.9. The van der Waals surface area contributed by atoms with Crippen molar-refractivity contribution in [1.82, 2.24) is 0 Å². The van der Waals surface area contributed by atoms with Gasteiger partial charge in [0.1, 0.15) is 13.2 Å². The monoisotopic (exact) mass is 314 g/mol. The maximum absolute atomic E-state index is 11.8. The Hall–Kier alpha value is -2.49. The van der Waals surface area contributed by atoms with Crippen molar-refractivity contribution >= 4 is 11.0 Å². The first kappa shape index (κ1) is 16.9. The van der Waals surface area contributed by atoms with E-state index in [-0.39, 0.29) is 0 Å². The van der Waals surface area contributed by atoms with Crippen molar-refractivity contribution in [3.05, 3.63) is 58.5 Å². The van der Waals surface area contributed by atoms with Gasteiger partial charge in [-0.25, -0.2) is 4.79 Å². The standard InChI is InChI=1S/C19H22O4/c1-6-14-9-17(20)23-18-15(14)7-8-16(21-10-12(2)3)19(18)22-11-13(4)5/h7-9H,2,4,6,10-11H2,1,3,5H3. The van der Waals surface area contributed by atoms with Crippen LogP contribution >= 0.6 is 0 Å². The van der Waals surface area contributed by atoms with E-state index in [2.05, 4.69) is 13.2 Å². The summed E-state index contributed by atoms with van der Waals surface area (Å²) in [6.45, 7) is 14.1. The minimum Gasteiger partial charge on any atom is -0.485 e. The van der Waals surface area contributed by atoms with E-state index in [4.69, 9.17) is 13.9 Å². The van der Waals surface area contributed by atoms with Crippen LogP contribution in [0.1, 0.15) is 26.3 Å². The summed E-state index contributed by atoms with van der Waals surface area (Å²) in [5.74, 6) is 0.956. The van der Waals surface area contributed by atoms with Crippen LogP contribution in [0.4, 0.5) is 0 Å². The lowest BCUT2D eigenvalue weighted by Gasteiger charge is -2.15. The minimum atomic E-state index is -0.397. The summed E-state index contributed by atoms with van der Waals surface area (Å²) in [6, 6.07) is 5.23. The zero-order chi connectivity index (χ0) is 17.0. The van der Waals surface area contributed by atoms with E-state index < -0.39 is 5.63 Å². The molecule has 1 aromatic carbocycles. The molecule has 23 heavy (non-hydrogen) atoms. The smallest absolute Gasteiger partial charge is 0.336 e. The third kappa shape index (κ3) is 4.03. The van der Waals surface area contributed by atoms with Crippen molar-refractivity contribution in [2.24, 2.45) is 0 Å². The van der Waals surface area contributed by atoms with E-state index in [1.54, 1.807) is 0 Å². The van der Waals surface area contributed by atoms with Gasteiger partial charge in [-0.15, -0.1) is 0 Å². The first-order valence-corrected chi connectivity index (χ1v) is 7.56. The molecule has 0 aliphatic rings. The molecule has 0 fully saturated rings. The normalized spacial score (nSPS) is 10.6. The van der Waals surface area contributed by atoms with Gasteiger partial charge in [0.2, 0.25) is 5.75 Å². The predicted molar refractivity (Wildman–Crippen MR) is 92.5 cm³/mol. The molecule has 0 saturated heterocycles. The van der Waals surface area contributed by atoms with Gasteiger partial charge >= 0.3 is 5.63 Å². The van der Waals surface area contributed by atoms with E-state index in [1.807, 2.05) is 32.9 Å². The van der Waals surface area contributed by atoms with Crippen LogP contribution in [-0.4, -0.2) is 13.2 Å². The SMILES string of the molecule is C=C(C)COc1ccc2c(CC)cc(=O)oc2c1OCC(=C)C. The molecule has 1 heterocycles. The summed E-state index contributed by atoms with van der Waals surface area (Å²) in [4.78, 5) is 11.8. The van der Waals surface area contributed by atoms with Gasteiger partial charge in [0.05, 0.1) is 0 Å². The number of hydrogen-bond acceptors (Lipinski definition) is 4.